The second-order valence-corrected chi connectivity index (χ2v) is 9.51. The van der Waals surface area contributed by atoms with Crippen molar-refractivity contribution in [3.63, 3.8) is 0 Å². The lowest BCUT2D eigenvalue weighted by molar-refractivity contribution is -0.101. The highest BCUT2D eigenvalue weighted by atomic mass is 16.6. The molecule has 0 saturated carbocycles. The van der Waals surface area contributed by atoms with Crippen LogP contribution in [0.4, 0.5) is 0 Å². The summed E-state index contributed by atoms with van der Waals surface area (Å²) in [6.07, 6.45) is 4.72. The van der Waals surface area contributed by atoms with E-state index in [4.69, 9.17) is 14.2 Å². The van der Waals surface area contributed by atoms with E-state index in [1.54, 1.807) is 6.07 Å². The maximum absolute atomic E-state index is 13.1. The van der Waals surface area contributed by atoms with Crippen LogP contribution in [0, 0.1) is 6.92 Å². The van der Waals surface area contributed by atoms with E-state index in [9.17, 15) is 4.79 Å². The first-order chi connectivity index (χ1) is 14.9. The zero-order valence-corrected chi connectivity index (χ0v) is 19.3. The molecule has 4 rings (SSSR count). The minimum Gasteiger partial charge on any atom is -0.490 e. The van der Waals surface area contributed by atoms with E-state index in [0.29, 0.717) is 38.7 Å². The second kappa shape index (κ2) is 9.17. The monoisotopic (exact) mass is 425 g/mol. The number of aryl methyl sites for hydroxylation is 1. The van der Waals surface area contributed by atoms with Crippen LogP contribution in [0.5, 0.6) is 5.75 Å². The summed E-state index contributed by atoms with van der Waals surface area (Å²) < 4.78 is 19.1. The lowest BCUT2D eigenvalue weighted by atomic mass is 9.76. The van der Waals surface area contributed by atoms with Gasteiger partial charge in [0.25, 0.3) is 5.56 Å². The maximum atomic E-state index is 13.1. The summed E-state index contributed by atoms with van der Waals surface area (Å²) in [6.45, 7) is 11.6. The molecule has 0 aliphatic carbocycles. The predicted octanol–water partition coefficient (Wildman–Crippen LogP) is 4.64. The Labute approximate surface area is 185 Å². The third-order valence-corrected chi connectivity index (χ3v) is 6.52. The molecule has 0 spiro atoms. The van der Waals surface area contributed by atoms with Crippen LogP contribution < -0.4 is 10.3 Å². The van der Waals surface area contributed by atoms with Crippen LogP contribution in [-0.4, -0.2) is 37.1 Å². The molecule has 0 N–H and O–H groups in total. The minimum atomic E-state index is -0.102. The van der Waals surface area contributed by atoms with Crippen molar-refractivity contribution in [2.24, 2.45) is 0 Å². The molecular formula is C26H35NO4. The molecule has 5 nitrogen and oxygen atoms in total. The van der Waals surface area contributed by atoms with Crippen LogP contribution in [0.1, 0.15) is 56.7 Å². The summed E-state index contributed by atoms with van der Waals surface area (Å²) in [7, 11) is 0. The highest BCUT2D eigenvalue weighted by molar-refractivity contribution is 5.73. The lowest BCUT2D eigenvalue weighted by Crippen LogP contribution is -2.37. The molecule has 0 unspecified atom stereocenters. The highest BCUT2D eigenvalue weighted by Gasteiger charge is 2.33. The van der Waals surface area contributed by atoms with Gasteiger partial charge >= 0.3 is 0 Å². The van der Waals surface area contributed by atoms with E-state index < -0.39 is 0 Å². The van der Waals surface area contributed by atoms with Gasteiger partial charge in [-0.3, -0.25) is 4.79 Å². The summed E-state index contributed by atoms with van der Waals surface area (Å²) in [5, 5.41) is 0. The Morgan fingerprint density at radius 3 is 2.77 bits per heavy atom. The van der Waals surface area contributed by atoms with Crippen LogP contribution in [0.2, 0.25) is 0 Å². The van der Waals surface area contributed by atoms with Crippen LogP contribution in [-0.2, 0) is 27.9 Å². The molecule has 1 aromatic heterocycles. The van der Waals surface area contributed by atoms with Crippen molar-refractivity contribution in [1.82, 2.24) is 4.57 Å². The van der Waals surface area contributed by atoms with Gasteiger partial charge in [0.2, 0.25) is 0 Å². The molecular weight excluding hydrogens is 390 g/mol. The molecule has 2 aliphatic rings. The Morgan fingerprint density at radius 2 is 2.03 bits per heavy atom. The van der Waals surface area contributed by atoms with Crippen molar-refractivity contribution in [2.75, 3.05) is 26.4 Å². The number of aromatic nitrogens is 1. The molecule has 1 fully saturated rings. The highest BCUT2D eigenvalue weighted by Crippen LogP contribution is 2.42. The molecule has 2 aromatic rings. The third kappa shape index (κ3) is 4.58. The van der Waals surface area contributed by atoms with Gasteiger partial charge in [-0.1, -0.05) is 51.8 Å². The summed E-state index contributed by atoms with van der Waals surface area (Å²) in [4.78, 5) is 13.1. The standard InChI is InChI=1S/C26H35NO4/c1-5-6-7-8-19-9-10-21-22(13-19)26(3,4)17-27-24(28)14-23(18(2)25(21)27)31-16-20-15-29-11-12-30-20/h9-10,13-14,20H,5-8,11-12,15-17H2,1-4H3/t20-/m0/s1. The lowest BCUT2D eigenvalue weighted by Gasteiger charge is -2.36. The van der Waals surface area contributed by atoms with Crippen molar-refractivity contribution in [3.05, 3.63) is 51.3 Å². The number of hydrogen-bond donors (Lipinski definition) is 0. The predicted molar refractivity (Wildman–Crippen MR) is 123 cm³/mol. The molecule has 0 amide bonds. The van der Waals surface area contributed by atoms with Crippen molar-refractivity contribution < 1.29 is 14.2 Å². The summed E-state index contributed by atoms with van der Waals surface area (Å²) >= 11 is 0. The Bertz CT molecular complexity index is 986. The van der Waals surface area contributed by atoms with Crippen LogP contribution in [0.15, 0.2) is 29.1 Å². The fraction of sp³-hybridized carbons (Fsp3) is 0.577. The van der Waals surface area contributed by atoms with Crippen LogP contribution in [0.25, 0.3) is 11.3 Å². The van der Waals surface area contributed by atoms with E-state index in [1.165, 1.54) is 30.4 Å². The van der Waals surface area contributed by atoms with Crippen molar-refractivity contribution in [2.45, 2.75) is 71.4 Å². The van der Waals surface area contributed by atoms with Gasteiger partial charge in [-0.25, -0.2) is 0 Å². The third-order valence-electron chi connectivity index (χ3n) is 6.52. The van der Waals surface area contributed by atoms with Crippen molar-refractivity contribution in [3.8, 4) is 17.0 Å². The molecule has 2 aliphatic heterocycles. The van der Waals surface area contributed by atoms with E-state index in [0.717, 1.165) is 23.2 Å². The van der Waals surface area contributed by atoms with Gasteiger partial charge in [0.05, 0.1) is 25.5 Å². The first kappa shape index (κ1) is 22.1. The van der Waals surface area contributed by atoms with Gasteiger partial charge in [0.1, 0.15) is 18.5 Å². The van der Waals surface area contributed by atoms with Crippen molar-refractivity contribution in [1.29, 1.82) is 0 Å². The average molecular weight is 426 g/mol. The van der Waals surface area contributed by atoms with E-state index in [-0.39, 0.29) is 17.1 Å². The zero-order chi connectivity index (χ0) is 22.0. The van der Waals surface area contributed by atoms with Gasteiger partial charge in [-0.15, -0.1) is 0 Å². The Balaban J connectivity index is 1.68. The number of ether oxygens (including phenoxy) is 3. The molecule has 3 heterocycles. The van der Waals surface area contributed by atoms with Gasteiger partial charge in [-0.05, 0) is 30.9 Å². The SMILES string of the molecule is CCCCCc1ccc2c(c1)C(C)(C)Cn1c-2c(C)c(OC[C@@H]2COCCO2)cc1=O. The first-order valence-electron chi connectivity index (χ1n) is 11.6. The number of fused-ring (bicyclic) bond motifs is 3. The number of benzene rings is 1. The number of nitrogens with zero attached hydrogens (tertiary/aromatic N) is 1. The van der Waals surface area contributed by atoms with Crippen molar-refractivity contribution >= 4 is 0 Å². The number of rotatable bonds is 7. The molecule has 1 aromatic carbocycles. The fourth-order valence-corrected chi connectivity index (χ4v) is 4.77. The molecule has 168 valence electrons. The fourth-order valence-electron chi connectivity index (χ4n) is 4.77. The smallest absolute Gasteiger partial charge is 0.254 e. The Kier molecular flexibility index (Phi) is 6.54. The number of pyridine rings is 1. The van der Waals surface area contributed by atoms with E-state index >= 15 is 0 Å². The quantitative estimate of drug-likeness (QED) is 0.607. The maximum Gasteiger partial charge on any atom is 0.254 e. The Hall–Kier alpha value is -2.11. The van der Waals surface area contributed by atoms with Gasteiger partial charge in [-0.2, -0.15) is 0 Å². The molecule has 1 atom stereocenters. The van der Waals surface area contributed by atoms with Gasteiger partial charge in [0.15, 0.2) is 0 Å². The van der Waals surface area contributed by atoms with E-state index in [1.807, 2.05) is 4.57 Å². The Morgan fingerprint density at radius 1 is 1.19 bits per heavy atom. The van der Waals surface area contributed by atoms with Gasteiger partial charge < -0.3 is 18.8 Å². The largest absolute Gasteiger partial charge is 0.490 e. The molecule has 0 radical (unpaired) electrons. The van der Waals surface area contributed by atoms with Gasteiger partial charge in [0, 0.05) is 29.2 Å². The molecule has 5 heteroatoms. The molecule has 0 bridgehead atoms. The average Bonchev–Trinajstić information content (AvgIpc) is 2.76. The number of hydrogen-bond acceptors (Lipinski definition) is 4. The minimum absolute atomic E-state index is 0.0119. The normalized spacial score (nSPS) is 19.5. The molecule has 31 heavy (non-hydrogen) atoms. The van der Waals surface area contributed by atoms with E-state index in [2.05, 4.69) is 45.9 Å². The van der Waals surface area contributed by atoms with Crippen LogP contribution >= 0.6 is 0 Å². The summed E-state index contributed by atoms with van der Waals surface area (Å²) in [5.74, 6) is 0.642. The molecule has 1 saturated heterocycles. The van der Waals surface area contributed by atoms with Crippen LogP contribution in [0.3, 0.4) is 0 Å². The summed E-state index contributed by atoms with van der Waals surface area (Å²) in [5.41, 5.74) is 5.73. The first-order valence-corrected chi connectivity index (χ1v) is 11.6. The second-order valence-electron chi connectivity index (χ2n) is 9.51. The topological polar surface area (TPSA) is 49.7 Å². The zero-order valence-electron chi connectivity index (χ0n) is 19.3. The summed E-state index contributed by atoms with van der Waals surface area (Å²) in [6, 6.07) is 8.42. The number of unbranched alkanes of at least 4 members (excludes halogenated alkanes) is 2.